The normalized spacial score (nSPS) is 14.2. The molecule has 0 aliphatic rings. The minimum atomic E-state index is -0.840. The van der Waals surface area contributed by atoms with Gasteiger partial charge < -0.3 is 5.73 Å². The second kappa shape index (κ2) is 5.39. The van der Waals surface area contributed by atoms with Crippen molar-refractivity contribution in [3.63, 3.8) is 0 Å². The van der Waals surface area contributed by atoms with Crippen molar-refractivity contribution in [3.05, 3.63) is 69.7 Å². The summed E-state index contributed by atoms with van der Waals surface area (Å²) in [4.78, 5) is 0. The molecular formula is C15H14BrF2N. The number of hydrogen-bond acceptors (Lipinski definition) is 1. The van der Waals surface area contributed by atoms with E-state index in [1.807, 2.05) is 24.3 Å². The van der Waals surface area contributed by atoms with Gasteiger partial charge in [-0.05, 0) is 42.7 Å². The summed E-state index contributed by atoms with van der Waals surface area (Å²) in [5, 5.41) is 0. The van der Waals surface area contributed by atoms with Gasteiger partial charge in [-0.15, -0.1) is 0 Å². The summed E-state index contributed by atoms with van der Waals surface area (Å²) >= 11 is 3.45. The van der Waals surface area contributed by atoms with Gasteiger partial charge in [-0.2, -0.15) is 0 Å². The lowest BCUT2D eigenvalue weighted by Gasteiger charge is -2.26. The molecule has 1 unspecified atom stereocenters. The van der Waals surface area contributed by atoms with Gasteiger partial charge in [0.05, 0.1) is 0 Å². The summed E-state index contributed by atoms with van der Waals surface area (Å²) in [5.74, 6) is -1.22. The highest BCUT2D eigenvalue weighted by Crippen LogP contribution is 2.27. The first-order valence-electron chi connectivity index (χ1n) is 5.87. The van der Waals surface area contributed by atoms with Gasteiger partial charge in [-0.25, -0.2) is 8.78 Å². The van der Waals surface area contributed by atoms with Crippen molar-refractivity contribution in [1.29, 1.82) is 0 Å². The van der Waals surface area contributed by atoms with Gasteiger partial charge in [0.15, 0.2) is 0 Å². The van der Waals surface area contributed by atoms with Gasteiger partial charge in [-0.3, -0.25) is 0 Å². The summed E-state index contributed by atoms with van der Waals surface area (Å²) in [6.07, 6.45) is 0.483. The van der Waals surface area contributed by atoms with E-state index < -0.39 is 17.2 Å². The zero-order chi connectivity index (χ0) is 14.0. The Morgan fingerprint density at radius 2 is 1.68 bits per heavy atom. The fourth-order valence-electron chi connectivity index (χ4n) is 2.02. The Morgan fingerprint density at radius 1 is 1.11 bits per heavy atom. The maximum Gasteiger partial charge on any atom is 0.126 e. The predicted octanol–water partition coefficient (Wildman–Crippen LogP) is 4.14. The molecule has 0 heterocycles. The molecule has 0 spiro atoms. The molecule has 1 nitrogen and oxygen atoms in total. The van der Waals surface area contributed by atoms with Crippen LogP contribution in [0.3, 0.4) is 0 Å². The average molecular weight is 326 g/mol. The summed E-state index contributed by atoms with van der Waals surface area (Å²) < 4.78 is 27.5. The van der Waals surface area contributed by atoms with E-state index in [2.05, 4.69) is 15.9 Å². The number of hydrogen-bond donors (Lipinski definition) is 1. The predicted molar refractivity (Wildman–Crippen MR) is 75.7 cm³/mol. The van der Waals surface area contributed by atoms with E-state index in [1.54, 1.807) is 6.92 Å². The Balaban J connectivity index is 2.34. The molecular weight excluding hydrogens is 312 g/mol. The van der Waals surface area contributed by atoms with Crippen molar-refractivity contribution in [2.75, 3.05) is 0 Å². The molecule has 2 rings (SSSR count). The van der Waals surface area contributed by atoms with E-state index >= 15 is 0 Å². The van der Waals surface area contributed by atoms with Crippen LogP contribution in [0.25, 0.3) is 0 Å². The molecule has 0 fully saturated rings. The minimum Gasteiger partial charge on any atom is -0.321 e. The SMILES string of the molecule is CC(N)(Cc1ccccc1Br)c1cc(F)cc(F)c1. The molecule has 1 atom stereocenters. The molecule has 2 N–H and O–H groups in total. The number of nitrogens with two attached hydrogens (primary N) is 1. The third-order valence-corrected chi connectivity index (χ3v) is 3.81. The van der Waals surface area contributed by atoms with Crippen molar-refractivity contribution < 1.29 is 8.78 Å². The minimum absolute atomic E-state index is 0.445. The van der Waals surface area contributed by atoms with E-state index in [-0.39, 0.29) is 0 Å². The molecule has 100 valence electrons. The third kappa shape index (κ3) is 3.39. The van der Waals surface area contributed by atoms with Crippen LogP contribution in [-0.4, -0.2) is 0 Å². The molecule has 2 aromatic rings. The van der Waals surface area contributed by atoms with E-state index in [9.17, 15) is 8.78 Å². The molecule has 0 amide bonds. The van der Waals surface area contributed by atoms with Gasteiger partial charge in [0.25, 0.3) is 0 Å². The highest BCUT2D eigenvalue weighted by Gasteiger charge is 2.24. The quantitative estimate of drug-likeness (QED) is 0.901. The van der Waals surface area contributed by atoms with Crippen molar-refractivity contribution >= 4 is 15.9 Å². The number of halogens is 3. The van der Waals surface area contributed by atoms with Gasteiger partial charge in [0.1, 0.15) is 11.6 Å². The highest BCUT2D eigenvalue weighted by molar-refractivity contribution is 9.10. The van der Waals surface area contributed by atoms with Gasteiger partial charge in [-0.1, -0.05) is 34.1 Å². The number of benzene rings is 2. The molecule has 0 aliphatic carbocycles. The Kier molecular flexibility index (Phi) is 4.02. The van der Waals surface area contributed by atoms with Crippen LogP contribution >= 0.6 is 15.9 Å². The lowest BCUT2D eigenvalue weighted by molar-refractivity contribution is 0.478. The van der Waals surface area contributed by atoms with Crippen molar-refractivity contribution in [2.24, 2.45) is 5.73 Å². The Bertz CT molecular complexity index is 576. The third-order valence-electron chi connectivity index (χ3n) is 3.04. The van der Waals surface area contributed by atoms with Crippen LogP contribution in [0.4, 0.5) is 8.78 Å². The second-order valence-corrected chi connectivity index (χ2v) is 5.70. The molecule has 0 saturated carbocycles. The first-order chi connectivity index (χ1) is 8.88. The lowest BCUT2D eigenvalue weighted by Crippen LogP contribution is -2.35. The smallest absolute Gasteiger partial charge is 0.126 e. The van der Waals surface area contributed by atoms with Crippen LogP contribution in [0.1, 0.15) is 18.1 Å². The van der Waals surface area contributed by atoms with Crippen LogP contribution < -0.4 is 5.73 Å². The first kappa shape index (κ1) is 14.2. The van der Waals surface area contributed by atoms with Crippen molar-refractivity contribution in [3.8, 4) is 0 Å². The zero-order valence-corrected chi connectivity index (χ0v) is 12.0. The maximum absolute atomic E-state index is 13.3. The Hall–Kier alpha value is -1.26. The Labute approximate surface area is 119 Å². The van der Waals surface area contributed by atoms with Gasteiger partial charge in [0, 0.05) is 16.1 Å². The molecule has 2 aromatic carbocycles. The molecule has 0 bridgehead atoms. The molecule has 4 heteroatoms. The van der Waals surface area contributed by atoms with Crippen molar-refractivity contribution in [2.45, 2.75) is 18.9 Å². The monoisotopic (exact) mass is 325 g/mol. The first-order valence-corrected chi connectivity index (χ1v) is 6.67. The van der Waals surface area contributed by atoms with E-state index in [0.717, 1.165) is 16.1 Å². The van der Waals surface area contributed by atoms with Crippen LogP contribution in [0, 0.1) is 11.6 Å². The van der Waals surface area contributed by atoms with E-state index in [4.69, 9.17) is 5.73 Å². The summed E-state index contributed by atoms with van der Waals surface area (Å²) in [6.45, 7) is 1.76. The fraction of sp³-hybridized carbons (Fsp3) is 0.200. The topological polar surface area (TPSA) is 26.0 Å². The van der Waals surface area contributed by atoms with Crippen LogP contribution in [0.2, 0.25) is 0 Å². The zero-order valence-electron chi connectivity index (χ0n) is 10.5. The summed E-state index contributed by atoms with van der Waals surface area (Å²) in [7, 11) is 0. The molecule has 0 aromatic heterocycles. The number of rotatable bonds is 3. The summed E-state index contributed by atoms with van der Waals surface area (Å²) in [6, 6.07) is 11.1. The maximum atomic E-state index is 13.3. The largest absolute Gasteiger partial charge is 0.321 e. The van der Waals surface area contributed by atoms with E-state index in [1.165, 1.54) is 12.1 Å². The van der Waals surface area contributed by atoms with Gasteiger partial charge >= 0.3 is 0 Å². The summed E-state index contributed by atoms with van der Waals surface area (Å²) in [5.41, 5.74) is 6.82. The van der Waals surface area contributed by atoms with Crippen LogP contribution in [-0.2, 0) is 12.0 Å². The second-order valence-electron chi connectivity index (χ2n) is 4.84. The fourth-order valence-corrected chi connectivity index (χ4v) is 2.45. The highest BCUT2D eigenvalue weighted by atomic mass is 79.9. The van der Waals surface area contributed by atoms with Gasteiger partial charge in [0.2, 0.25) is 0 Å². The molecule has 0 aliphatic heterocycles. The molecule has 0 radical (unpaired) electrons. The van der Waals surface area contributed by atoms with E-state index in [0.29, 0.717) is 12.0 Å². The van der Waals surface area contributed by atoms with Crippen LogP contribution in [0.15, 0.2) is 46.9 Å². The average Bonchev–Trinajstić information content (AvgIpc) is 2.31. The lowest BCUT2D eigenvalue weighted by atomic mass is 9.86. The van der Waals surface area contributed by atoms with Crippen LogP contribution in [0.5, 0.6) is 0 Å². The molecule has 19 heavy (non-hydrogen) atoms. The standard InChI is InChI=1S/C15H14BrF2N/c1-15(19,9-10-4-2-3-5-14(10)16)11-6-12(17)8-13(18)7-11/h2-8H,9,19H2,1H3. The van der Waals surface area contributed by atoms with Crippen molar-refractivity contribution in [1.82, 2.24) is 0 Å². The Morgan fingerprint density at radius 3 is 2.26 bits per heavy atom. The molecule has 0 saturated heterocycles.